The summed E-state index contributed by atoms with van der Waals surface area (Å²) in [6, 6.07) is -0.586. The van der Waals surface area contributed by atoms with Gasteiger partial charge >= 0.3 is 11.9 Å². The summed E-state index contributed by atoms with van der Waals surface area (Å²) in [5.41, 5.74) is 0. The van der Waals surface area contributed by atoms with Gasteiger partial charge in [0, 0.05) is 6.54 Å². The van der Waals surface area contributed by atoms with Crippen LogP contribution in [0, 0.1) is 0 Å². The first-order valence-corrected chi connectivity index (χ1v) is 6.45. The van der Waals surface area contributed by atoms with Crippen molar-refractivity contribution in [1.29, 1.82) is 0 Å². The summed E-state index contributed by atoms with van der Waals surface area (Å²) in [5, 5.41) is 0. The van der Waals surface area contributed by atoms with Crippen LogP contribution in [-0.2, 0) is 19.1 Å². The largest absolute Gasteiger partial charge is 0.468 e. The number of hydrogen-bond acceptors (Lipinski definition) is 6. The van der Waals surface area contributed by atoms with E-state index < -0.39 is 0 Å². The third kappa shape index (κ3) is 3.12. The molecule has 6 heteroatoms. The Morgan fingerprint density at radius 1 is 1.44 bits per heavy atom. The van der Waals surface area contributed by atoms with Crippen molar-refractivity contribution < 1.29 is 19.1 Å². The standard InChI is InChI=1S/C10H17NO4S/c1-14-9(12)7(4-5-16-3)11-6-8(11)10(13)15-2/h7-8H,4-6H2,1-3H3/t7-,8?,11?/m0/s1. The minimum Gasteiger partial charge on any atom is -0.468 e. The van der Waals surface area contributed by atoms with Crippen LogP contribution in [0.1, 0.15) is 6.42 Å². The normalized spacial score (nSPS) is 24.7. The number of methoxy groups -OCH3 is 2. The maximum atomic E-state index is 11.5. The fourth-order valence-electron chi connectivity index (χ4n) is 1.63. The highest BCUT2D eigenvalue weighted by Gasteiger charge is 2.48. The number of nitrogens with zero attached hydrogens (tertiary/aromatic N) is 1. The summed E-state index contributed by atoms with van der Waals surface area (Å²) >= 11 is 1.67. The molecule has 0 amide bonds. The highest BCUT2D eigenvalue weighted by Crippen LogP contribution is 2.25. The van der Waals surface area contributed by atoms with Gasteiger partial charge in [0.05, 0.1) is 14.2 Å². The second kappa shape index (κ2) is 6.10. The van der Waals surface area contributed by atoms with Crippen molar-refractivity contribution in [2.24, 2.45) is 0 Å². The molecule has 1 aliphatic heterocycles. The van der Waals surface area contributed by atoms with Crippen LogP contribution in [0.3, 0.4) is 0 Å². The minimum atomic E-state index is -0.318. The van der Waals surface area contributed by atoms with Gasteiger partial charge in [0.1, 0.15) is 12.1 Å². The Morgan fingerprint density at radius 2 is 2.12 bits per heavy atom. The van der Waals surface area contributed by atoms with Crippen LogP contribution in [0.5, 0.6) is 0 Å². The lowest BCUT2D eigenvalue weighted by Gasteiger charge is -2.15. The van der Waals surface area contributed by atoms with E-state index in [2.05, 4.69) is 4.74 Å². The molecule has 0 aliphatic carbocycles. The molecule has 1 aliphatic rings. The number of thioether (sulfide) groups is 1. The highest BCUT2D eigenvalue weighted by molar-refractivity contribution is 7.98. The Hall–Kier alpha value is -0.750. The lowest BCUT2D eigenvalue weighted by Crippen LogP contribution is -2.33. The first kappa shape index (κ1) is 13.3. The van der Waals surface area contributed by atoms with Gasteiger partial charge in [-0.3, -0.25) is 14.5 Å². The molecule has 0 aromatic rings. The molecule has 5 nitrogen and oxygen atoms in total. The van der Waals surface area contributed by atoms with Crippen molar-refractivity contribution in [3.8, 4) is 0 Å². The van der Waals surface area contributed by atoms with E-state index in [4.69, 9.17) is 4.74 Å². The fourth-order valence-corrected chi connectivity index (χ4v) is 2.09. The van der Waals surface area contributed by atoms with Crippen LogP contribution in [-0.4, -0.2) is 61.7 Å². The van der Waals surface area contributed by atoms with E-state index in [1.165, 1.54) is 14.2 Å². The number of rotatable bonds is 6. The first-order valence-electron chi connectivity index (χ1n) is 5.06. The fraction of sp³-hybridized carbons (Fsp3) is 0.800. The van der Waals surface area contributed by atoms with Crippen LogP contribution in [0.2, 0.25) is 0 Å². The molecular formula is C10H17NO4S. The molecule has 0 radical (unpaired) electrons. The SMILES string of the molecule is COC(=O)C1CN1[C@@H](CCSC)C(=O)OC. The van der Waals surface area contributed by atoms with Crippen LogP contribution in [0.25, 0.3) is 0 Å². The molecule has 0 aromatic carbocycles. The zero-order valence-electron chi connectivity index (χ0n) is 9.76. The smallest absolute Gasteiger partial charge is 0.324 e. The summed E-state index contributed by atoms with van der Waals surface area (Å²) in [7, 11) is 2.72. The minimum absolute atomic E-state index is 0.268. The number of carbonyl (C=O) groups is 2. The average molecular weight is 247 g/mol. The monoisotopic (exact) mass is 247 g/mol. The van der Waals surface area contributed by atoms with Crippen LogP contribution in [0.4, 0.5) is 0 Å². The third-order valence-electron chi connectivity index (χ3n) is 2.59. The van der Waals surface area contributed by atoms with Gasteiger partial charge < -0.3 is 9.47 Å². The molecule has 0 saturated carbocycles. The molecule has 1 saturated heterocycles. The lowest BCUT2D eigenvalue weighted by atomic mass is 10.2. The van der Waals surface area contributed by atoms with Crippen molar-refractivity contribution in [3.63, 3.8) is 0 Å². The maximum Gasteiger partial charge on any atom is 0.324 e. The van der Waals surface area contributed by atoms with E-state index >= 15 is 0 Å². The Morgan fingerprint density at radius 3 is 2.62 bits per heavy atom. The molecule has 0 aromatic heterocycles. The zero-order valence-corrected chi connectivity index (χ0v) is 10.6. The van der Waals surface area contributed by atoms with Crippen LogP contribution in [0.15, 0.2) is 0 Å². The molecule has 0 N–H and O–H groups in total. The number of esters is 2. The van der Waals surface area contributed by atoms with Crippen molar-refractivity contribution >= 4 is 23.7 Å². The van der Waals surface area contributed by atoms with Crippen LogP contribution < -0.4 is 0 Å². The van der Waals surface area contributed by atoms with Gasteiger partial charge in [-0.2, -0.15) is 11.8 Å². The molecule has 1 heterocycles. The number of hydrogen-bond donors (Lipinski definition) is 0. The van der Waals surface area contributed by atoms with E-state index in [0.29, 0.717) is 13.0 Å². The number of carbonyl (C=O) groups excluding carboxylic acids is 2. The van der Waals surface area contributed by atoms with Crippen molar-refractivity contribution in [2.45, 2.75) is 18.5 Å². The molecule has 0 bridgehead atoms. The predicted octanol–water partition coefficient (Wildman–Crippen LogP) is 0.138. The second-order valence-electron chi connectivity index (χ2n) is 3.56. The molecule has 3 atom stereocenters. The molecule has 16 heavy (non-hydrogen) atoms. The third-order valence-corrected chi connectivity index (χ3v) is 3.24. The Balaban J connectivity index is 2.52. The molecule has 2 unspecified atom stereocenters. The van der Waals surface area contributed by atoms with Gasteiger partial charge in [-0.25, -0.2) is 0 Å². The summed E-state index contributed by atoms with van der Waals surface area (Å²) in [6.45, 7) is 0.584. The van der Waals surface area contributed by atoms with Gasteiger partial charge in [0.15, 0.2) is 0 Å². The molecular weight excluding hydrogens is 230 g/mol. The summed E-state index contributed by atoms with van der Waals surface area (Å²) < 4.78 is 9.36. The Bertz CT molecular complexity index is 272. The average Bonchev–Trinajstić information content (AvgIpc) is 3.08. The Labute approximate surface area is 99.5 Å². The zero-order chi connectivity index (χ0) is 12.1. The van der Waals surface area contributed by atoms with E-state index in [-0.39, 0.29) is 24.0 Å². The topological polar surface area (TPSA) is 55.6 Å². The summed E-state index contributed by atoms with van der Waals surface area (Å²) in [4.78, 5) is 24.6. The Kier molecular flexibility index (Phi) is 5.08. The molecule has 92 valence electrons. The van der Waals surface area contributed by atoms with Gasteiger partial charge in [0.2, 0.25) is 0 Å². The summed E-state index contributed by atoms with van der Waals surface area (Å²) in [5.74, 6) is 0.308. The van der Waals surface area contributed by atoms with Crippen LogP contribution >= 0.6 is 11.8 Å². The van der Waals surface area contributed by atoms with Crippen molar-refractivity contribution in [3.05, 3.63) is 0 Å². The highest BCUT2D eigenvalue weighted by atomic mass is 32.2. The first-order chi connectivity index (χ1) is 7.65. The number of ether oxygens (including phenoxy) is 2. The maximum absolute atomic E-state index is 11.5. The van der Waals surface area contributed by atoms with Gasteiger partial charge in [-0.15, -0.1) is 0 Å². The van der Waals surface area contributed by atoms with E-state index in [9.17, 15) is 9.59 Å². The lowest BCUT2D eigenvalue weighted by molar-refractivity contribution is -0.146. The molecule has 0 spiro atoms. The van der Waals surface area contributed by atoms with Crippen molar-refractivity contribution in [1.82, 2.24) is 4.90 Å². The second-order valence-corrected chi connectivity index (χ2v) is 4.54. The predicted molar refractivity (Wildman–Crippen MR) is 61.3 cm³/mol. The van der Waals surface area contributed by atoms with Gasteiger partial charge in [-0.1, -0.05) is 0 Å². The molecule has 1 fully saturated rings. The van der Waals surface area contributed by atoms with E-state index in [1.807, 2.05) is 11.2 Å². The quantitative estimate of drug-likeness (QED) is 0.491. The van der Waals surface area contributed by atoms with Gasteiger partial charge in [0.25, 0.3) is 0 Å². The molecule has 1 rings (SSSR count). The van der Waals surface area contributed by atoms with E-state index in [0.717, 1.165) is 5.75 Å². The summed E-state index contributed by atoms with van der Waals surface area (Å²) in [6.07, 6.45) is 2.68. The van der Waals surface area contributed by atoms with Crippen molar-refractivity contribution in [2.75, 3.05) is 32.8 Å². The van der Waals surface area contributed by atoms with E-state index in [1.54, 1.807) is 11.8 Å². The van der Waals surface area contributed by atoms with Gasteiger partial charge in [-0.05, 0) is 18.4 Å².